The maximum absolute atomic E-state index is 5.59. The maximum Gasteiger partial charge on any atom is 0.123 e. The van der Waals surface area contributed by atoms with Crippen LogP contribution in [0.1, 0.15) is 49.8 Å². The molecule has 3 heteroatoms. The molecule has 0 spiro atoms. The van der Waals surface area contributed by atoms with Gasteiger partial charge in [0.05, 0.1) is 7.11 Å². The minimum atomic E-state index is 0.359. The van der Waals surface area contributed by atoms with Crippen molar-refractivity contribution in [2.45, 2.75) is 45.6 Å². The molecule has 1 aromatic rings. The summed E-state index contributed by atoms with van der Waals surface area (Å²) >= 11 is 0. The zero-order chi connectivity index (χ0) is 15.1. The first-order valence-corrected chi connectivity index (χ1v) is 8.35. The molecule has 1 heterocycles. The molecule has 1 saturated heterocycles. The molecule has 1 unspecified atom stereocenters. The van der Waals surface area contributed by atoms with Crippen LogP contribution in [0.5, 0.6) is 5.75 Å². The molecule has 0 amide bonds. The van der Waals surface area contributed by atoms with Crippen molar-refractivity contribution in [2.24, 2.45) is 0 Å². The lowest BCUT2D eigenvalue weighted by molar-refractivity contribution is 0.204. The highest BCUT2D eigenvalue weighted by molar-refractivity contribution is 5.39. The Kier molecular flexibility index (Phi) is 6.52. The van der Waals surface area contributed by atoms with Gasteiger partial charge in [-0.1, -0.05) is 31.0 Å². The Labute approximate surface area is 129 Å². The van der Waals surface area contributed by atoms with Gasteiger partial charge in [-0.3, -0.25) is 0 Å². The number of nitrogens with one attached hydrogen (secondary N) is 1. The Morgan fingerprint density at radius 3 is 2.67 bits per heavy atom. The molecule has 0 aromatic heterocycles. The minimum absolute atomic E-state index is 0.359. The molecule has 0 bridgehead atoms. The summed E-state index contributed by atoms with van der Waals surface area (Å²) in [4.78, 5) is 2.60. The second-order valence-electron chi connectivity index (χ2n) is 6.11. The normalized spacial score (nSPS) is 17.7. The summed E-state index contributed by atoms with van der Waals surface area (Å²) in [5.41, 5.74) is 2.60. The quantitative estimate of drug-likeness (QED) is 0.831. The Morgan fingerprint density at radius 1 is 1.24 bits per heavy atom. The van der Waals surface area contributed by atoms with Gasteiger partial charge in [0.15, 0.2) is 0 Å². The van der Waals surface area contributed by atoms with Crippen molar-refractivity contribution in [3.8, 4) is 5.75 Å². The van der Waals surface area contributed by atoms with Crippen molar-refractivity contribution < 1.29 is 4.74 Å². The highest BCUT2D eigenvalue weighted by Crippen LogP contribution is 2.27. The lowest BCUT2D eigenvalue weighted by Gasteiger charge is -2.32. The second kappa shape index (κ2) is 8.40. The third-order valence-electron chi connectivity index (χ3n) is 4.29. The van der Waals surface area contributed by atoms with Crippen molar-refractivity contribution >= 4 is 0 Å². The number of rotatable bonds is 7. The van der Waals surface area contributed by atoms with Crippen LogP contribution in [0.3, 0.4) is 0 Å². The van der Waals surface area contributed by atoms with Crippen LogP contribution < -0.4 is 10.1 Å². The van der Waals surface area contributed by atoms with Crippen LogP contribution in [-0.4, -0.2) is 38.2 Å². The van der Waals surface area contributed by atoms with E-state index < -0.39 is 0 Å². The predicted octanol–water partition coefficient (Wildman–Crippen LogP) is 3.53. The van der Waals surface area contributed by atoms with E-state index in [0.717, 1.165) is 25.3 Å². The third kappa shape index (κ3) is 4.72. The Hall–Kier alpha value is -1.06. The third-order valence-corrected chi connectivity index (χ3v) is 4.29. The van der Waals surface area contributed by atoms with Gasteiger partial charge in [-0.15, -0.1) is 0 Å². The van der Waals surface area contributed by atoms with E-state index in [9.17, 15) is 0 Å². The molecule has 1 aromatic carbocycles. The average molecular weight is 290 g/mol. The number of benzene rings is 1. The second-order valence-corrected chi connectivity index (χ2v) is 6.11. The maximum atomic E-state index is 5.59. The number of likely N-dealkylation sites (tertiary alicyclic amines) is 1. The predicted molar refractivity (Wildman–Crippen MR) is 89.1 cm³/mol. The van der Waals surface area contributed by atoms with E-state index in [1.54, 1.807) is 7.11 Å². The van der Waals surface area contributed by atoms with Crippen LogP contribution in [-0.2, 0) is 0 Å². The number of nitrogens with zero attached hydrogens (tertiary/aromatic N) is 1. The molecule has 118 valence electrons. The fourth-order valence-electron chi connectivity index (χ4n) is 3.12. The number of ether oxygens (including phenoxy) is 1. The Morgan fingerprint density at radius 2 is 2.00 bits per heavy atom. The van der Waals surface area contributed by atoms with Crippen LogP contribution in [0.25, 0.3) is 0 Å². The summed E-state index contributed by atoms with van der Waals surface area (Å²) in [5, 5.41) is 3.71. The van der Waals surface area contributed by atoms with Crippen LogP contribution in [0.15, 0.2) is 18.2 Å². The fraction of sp³-hybridized carbons (Fsp3) is 0.667. The smallest absolute Gasteiger partial charge is 0.123 e. The number of hydrogen-bond donors (Lipinski definition) is 1. The van der Waals surface area contributed by atoms with Gasteiger partial charge in [0.1, 0.15) is 5.75 Å². The van der Waals surface area contributed by atoms with Gasteiger partial charge in [-0.2, -0.15) is 0 Å². The molecule has 3 nitrogen and oxygen atoms in total. The largest absolute Gasteiger partial charge is 0.496 e. The topological polar surface area (TPSA) is 24.5 Å². The summed E-state index contributed by atoms with van der Waals surface area (Å²) < 4.78 is 5.59. The Bertz CT molecular complexity index is 427. The summed E-state index contributed by atoms with van der Waals surface area (Å²) in [5.74, 6) is 1.01. The molecule has 0 saturated carbocycles. The van der Waals surface area contributed by atoms with Gasteiger partial charge in [0, 0.05) is 18.2 Å². The van der Waals surface area contributed by atoms with E-state index >= 15 is 0 Å². The van der Waals surface area contributed by atoms with Gasteiger partial charge in [0.25, 0.3) is 0 Å². The molecule has 1 N–H and O–H groups in total. The molecular formula is C18H30N2O. The van der Waals surface area contributed by atoms with Gasteiger partial charge in [-0.05, 0) is 51.9 Å². The number of hydrogen-bond acceptors (Lipinski definition) is 3. The number of piperidine rings is 1. The summed E-state index contributed by atoms with van der Waals surface area (Å²) in [6.07, 6.45) is 5.22. The molecular weight excluding hydrogens is 260 g/mol. The molecule has 1 aliphatic heterocycles. The molecule has 21 heavy (non-hydrogen) atoms. The zero-order valence-corrected chi connectivity index (χ0v) is 13.8. The van der Waals surface area contributed by atoms with E-state index in [2.05, 4.69) is 42.3 Å². The van der Waals surface area contributed by atoms with Crippen molar-refractivity contribution in [1.82, 2.24) is 10.2 Å². The molecule has 0 radical (unpaired) electrons. The lowest BCUT2D eigenvalue weighted by atomic mass is 10.0. The van der Waals surface area contributed by atoms with Gasteiger partial charge < -0.3 is 15.0 Å². The van der Waals surface area contributed by atoms with Crippen LogP contribution in [0.2, 0.25) is 0 Å². The Balaban J connectivity index is 2.15. The number of aryl methyl sites for hydroxylation is 1. The minimum Gasteiger partial charge on any atom is -0.496 e. The molecule has 1 aliphatic rings. The zero-order valence-electron chi connectivity index (χ0n) is 13.8. The first-order valence-electron chi connectivity index (χ1n) is 8.35. The van der Waals surface area contributed by atoms with Crippen molar-refractivity contribution in [1.29, 1.82) is 0 Å². The lowest BCUT2D eigenvalue weighted by Crippen LogP contribution is -2.38. The number of methoxy groups -OCH3 is 1. The highest BCUT2D eigenvalue weighted by Gasteiger charge is 2.20. The molecule has 2 rings (SSSR count). The standard InChI is InChI=1S/C18H30N2O/c1-4-10-19-17(14-20-11-6-5-7-12-20)16-13-15(2)8-9-18(16)21-3/h8-9,13,17,19H,4-7,10-12,14H2,1-3H3. The van der Waals surface area contributed by atoms with E-state index in [4.69, 9.17) is 4.74 Å². The van der Waals surface area contributed by atoms with Gasteiger partial charge in [0.2, 0.25) is 0 Å². The SMILES string of the molecule is CCCNC(CN1CCCCC1)c1cc(C)ccc1OC. The molecule has 1 fully saturated rings. The van der Waals surface area contributed by atoms with E-state index in [1.165, 1.54) is 43.5 Å². The van der Waals surface area contributed by atoms with E-state index in [1.807, 2.05) is 0 Å². The van der Waals surface area contributed by atoms with E-state index in [-0.39, 0.29) is 0 Å². The molecule has 0 aliphatic carbocycles. The summed E-state index contributed by atoms with van der Waals surface area (Å²) in [7, 11) is 1.77. The first kappa shape index (κ1) is 16.3. The highest BCUT2D eigenvalue weighted by atomic mass is 16.5. The monoisotopic (exact) mass is 290 g/mol. The van der Waals surface area contributed by atoms with Gasteiger partial charge in [-0.25, -0.2) is 0 Å². The average Bonchev–Trinajstić information content (AvgIpc) is 2.52. The first-order chi connectivity index (χ1) is 10.2. The van der Waals surface area contributed by atoms with Gasteiger partial charge >= 0.3 is 0 Å². The molecule has 1 atom stereocenters. The fourth-order valence-corrected chi connectivity index (χ4v) is 3.12. The van der Waals surface area contributed by atoms with E-state index in [0.29, 0.717) is 6.04 Å². The van der Waals surface area contributed by atoms with Crippen LogP contribution >= 0.6 is 0 Å². The van der Waals surface area contributed by atoms with Crippen molar-refractivity contribution in [3.05, 3.63) is 29.3 Å². The van der Waals surface area contributed by atoms with Crippen molar-refractivity contribution in [2.75, 3.05) is 33.3 Å². The summed E-state index contributed by atoms with van der Waals surface area (Å²) in [6, 6.07) is 6.86. The van der Waals surface area contributed by atoms with Crippen molar-refractivity contribution in [3.63, 3.8) is 0 Å². The summed E-state index contributed by atoms with van der Waals surface area (Å²) in [6.45, 7) is 8.98. The van der Waals surface area contributed by atoms with Crippen LogP contribution in [0, 0.1) is 6.92 Å². The van der Waals surface area contributed by atoms with Crippen LogP contribution in [0.4, 0.5) is 0 Å².